The molecule has 0 N–H and O–H groups in total. The molecule has 2 fully saturated rings. The number of aromatic nitrogens is 3. The molecular formula is C25H29N5O4. The molecule has 3 aromatic rings. The number of nitrogens with zero attached hydrogens (tertiary/aromatic N) is 5. The first-order valence-electron chi connectivity index (χ1n) is 11.7. The molecule has 0 saturated carbocycles. The van der Waals surface area contributed by atoms with Gasteiger partial charge in [0.05, 0.1) is 43.9 Å². The predicted octanol–water partition coefficient (Wildman–Crippen LogP) is 1.57. The summed E-state index contributed by atoms with van der Waals surface area (Å²) in [5.74, 6) is -0.232. The fourth-order valence-corrected chi connectivity index (χ4v) is 4.38. The Hall–Kier alpha value is -3.27. The molecule has 9 heteroatoms. The topological polar surface area (TPSA) is 81.8 Å². The lowest BCUT2D eigenvalue weighted by Gasteiger charge is -2.28. The lowest BCUT2D eigenvalue weighted by Crippen LogP contribution is -2.39. The minimum absolute atomic E-state index is 0.109. The second kappa shape index (κ2) is 10.3. The normalized spacial score (nSPS) is 17.1. The maximum absolute atomic E-state index is 13.5. The van der Waals surface area contributed by atoms with Crippen LogP contribution in [-0.2, 0) is 16.0 Å². The van der Waals surface area contributed by atoms with Gasteiger partial charge in [-0.25, -0.2) is 4.68 Å². The Labute approximate surface area is 198 Å². The number of anilines is 1. The fraction of sp³-hybridized carbons (Fsp3) is 0.400. The van der Waals surface area contributed by atoms with Crippen LogP contribution in [0.5, 0.6) is 0 Å². The van der Waals surface area contributed by atoms with Gasteiger partial charge in [-0.05, 0) is 24.3 Å². The zero-order chi connectivity index (χ0) is 23.3. The Morgan fingerprint density at radius 2 is 1.59 bits per heavy atom. The average Bonchev–Trinajstić information content (AvgIpc) is 3.34. The Balaban J connectivity index is 1.48. The first kappa shape index (κ1) is 22.5. The average molecular weight is 464 g/mol. The number of rotatable bonds is 6. The van der Waals surface area contributed by atoms with Gasteiger partial charge in [-0.1, -0.05) is 18.2 Å². The van der Waals surface area contributed by atoms with Crippen molar-refractivity contribution < 1.29 is 14.3 Å². The molecule has 1 aromatic carbocycles. The monoisotopic (exact) mass is 463 g/mol. The van der Waals surface area contributed by atoms with Crippen molar-refractivity contribution in [3.05, 3.63) is 70.8 Å². The van der Waals surface area contributed by atoms with E-state index in [1.165, 1.54) is 4.68 Å². The number of carbonyl (C=O) groups excluding carboxylic acids is 1. The van der Waals surface area contributed by atoms with E-state index in [4.69, 9.17) is 9.47 Å². The highest BCUT2D eigenvalue weighted by molar-refractivity contribution is 5.96. The molecule has 2 aliphatic rings. The van der Waals surface area contributed by atoms with Gasteiger partial charge in [-0.3, -0.25) is 14.5 Å². The van der Waals surface area contributed by atoms with Gasteiger partial charge in [0.1, 0.15) is 5.69 Å². The highest BCUT2D eigenvalue weighted by Crippen LogP contribution is 2.29. The summed E-state index contributed by atoms with van der Waals surface area (Å²) in [5.41, 5.74) is 2.22. The van der Waals surface area contributed by atoms with Crippen LogP contribution in [0.15, 0.2) is 59.7 Å². The van der Waals surface area contributed by atoms with Crippen LogP contribution in [0.1, 0.15) is 10.4 Å². The van der Waals surface area contributed by atoms with Crippen molar-refractivity contribution in [3.63, 3.8) is 0 Å². The zero-order valence-corrected chi connectivity index (χ0v) is 19.1. The quantitative estimate of drug-likeness (QED) is 0.549. The van der Waals surface area contributed by atoms with Crippen molar-refractivity contribution >= 4 is 11.6 Å². The summed E-state index contributed by atoms with van der Waals surface area (Å²) in [6.45, 7) is 7.12. The maximum Gasteiger partial charge on any atom is 0.278 e. The smallest absolute Gasteiger partial charge is 0.278 e. The number of hydrogen-bond acceptors (Lipinski definition) is 7. The molecule has 2 saturated heterocycles. The second-order valence-electron chi connectivity index (χ2n) is 8.45. The van der Waals surface area contributed by atoms with E-state index in [9.17, 15) is 9.59 Å². The van der Waals surface area contributed by atoms with Crippen molar-refractivity contribution in [1.29, 1.82) is 0 Å². The molecule has 0 aliphatic carbocycles. The van der Waals surface area contributed by atoms with Crippen LogP contribution >= 0.6 is 0 Å². The predicted molar refractivity (Wildman–Crippen MR) is 128 cm³/mol. The molecule has 0 radical (unpaired) electrons. The molecule has 0 bridgehead atoms. The van der Waals surface area contributed by atoms with Crippen LogP contribution in [0.4, 0.5) is 5.69 Å². The Kier molecular flexibility index (Phi) is 6.84. The van der Waals surface area contributed by atoms with Gasteiger partial charge in [0.2, 0.25) is 0 Å². The third-order valence-electron chi connectivity index (χ3n) is 6.31. The van der Waals surface area contributed by atoms with E-state index in [0.717, 1.165) is 38.5 Å². The first-order valence-corrected chi connectivity index (χ1v) is 11.7. The van der Waals surface area contributed by atoms with Gasteiger partial charge in [-0.15, -0.1) is 0 Å². The van der Waals surface area contributed by atoms with Gasteiger partial charge in [-0.2, -0.15) is 5.10 Å². The Morgan fingerprint density at radius 3 is 2.32 bits per heavy atom. The number of benzene rings is 1. The highest BCUT2D eigenvalue weighted by Gasteiger charge is 2.24. The van der Waals surface area contributed by atoms with Crippen LogP contribution < -0.4 is 10.5 Å². The Bertz CT molecular complexity index is 1180. The summed E-state index contributed by atoms with van der Waals surface area (Å²) in [7, 11) is 0. The summed E-state index contributed by atoms with van der Waals surface area (Å²) < 4.78 is 14.0. The van der Waals surface area contributed by atoms with Crippen LogP contribution in [0.25, 0.3) is 11.3 Å². The van der Waals surface area contributed by atoms with Crippen LogP contribution in [0, 0.1) is 0 Å². The molecule has 0 amide bonds. The van der Waals surface area contributed by atoms with Crippen LogP contribution in [0.3, 0.4) is 0 Å². The van der Waals surface area contributed by atoms with Crippen molar-refractivity contribution in [3.8, 4) is 11.3 Å². The lowest BCUT2D eigenvalue weighted by molar-refractivity contribution is 0.0363. The highest BCUT2D eigenvalue weighted by atomic mass is 16.5. The van der Waals surface area contributed by atoms with E-state index >= 15 is 0 Å². The number of morpholine rings is 2. The summed E-state index contributed by atoms with van der Waals surface area (Å²) >= 11 is 0. The van der Waals surface area contributed by atoms with E-state index in [2.05, 4.69) is 14.9 Å². The van der Waals surface area contributed by atoms with Gasteiger partial charge < -0.3 is 18.9 Å². The summed E-state index contributed by atoms with van der Waals surface area (Å²) in [4.78, 5) is 31.0. The standard InChI is InChI=1S/C25H29N5O4/c31-24(20-5-2-1-3-6-20)30-19-22(28-13-17-34-18-14-28)23(26-30)21-7-4-8-29(25(21)32)10-9-27-11-15-33-16-12-27/h1-8,19H,9-18H2. The van der Waals surface area contributed by atoms with Gasteiger partial charge in [0.15, 0.2) is 0 Å². The number of carbonyl (C=O) groups is 1. The number of pyridine rings is 1. The van der Waals surface area contributed by atoms with Gasteiger partial charge in [0.25, 0.3) is 11.5 Å². The molecule has 0 unspecified atom stereocenters. The molecule has 5 rings (SSSR count). The molecule has 0 spiro atoms. The van der Waals surface area contributed by atoms with Crippen molar-refractivity contribution in [2.75, 3.05) is 64.1 Å². The number of ether oxygens (including phenoxy) is 2. The van der Waals surface area contributed by atoms with E-state index < -0.39 is 0 Å². The van der Waals surface area contributed by atoms with E-state index in [1.54, 1.807) is 29.0 Å². The Morgan fingerprint density at radius 1 is 0.882 bits per heavy atom. The SMILES string of the molecule is O=C(c1ccccc1)n1cc(N2CCOCC2)c(-c2cccn(CCN3CCOCC3)c2=O)n1. The van der Waals surface area contributed by atoms with E-state index in [0.29, 0.717) is 49.7 Å². The third kappa shape index (κ3) is 4.82. The van der Waals surface area contributed by atoms with E-state index in [-0.39, 0.29) is 11.5 Å². The van der Waals surface area contributed by atoms with Crippen LogP contribution in [0.2, 0.25) is 0 Å². The minimum Gasteiger partial charge on any atom is -0.379 e. The summed E-state index contributed by atoms with van der Waals surface area (Å²) in [6, 6.07) is 12.7. The summed E-state index contributed by atoms with van der Waals surface area (Å²) in [6.07, 6.45) is 3.55. The molecule has 0 atom stereocenters. The number of hydrogen-bond donors (Lipinski definition) is 0. The molecule has 9 nitrogen and oxygen atoms in total. The molecule has 178 valence electrons. The first-order chi connectivity index (χ1) is 16.7. The molecule has 2 aromatic heterocycles. The largest absolute Gasteiger partial charge is 0.379 e. The van der Waals surface area contributed by atoms with E-state index in [1.807, 2.05) is 30.5 Å². The third-order valence-corrected chi connectivity index (χ3v) is 6.31. The van der Waals surface area contributed by atoms with Gasteiger partial charge >= 0.3 is 0 Å². The van der Waals surface area contributed by atoms with Crippen molar-refractivity contribution in [2.45, 2.75) is 6.54 Å². The molecule has 4 heterocycles. The molecule has 2 aliphatic heterocycles. The minimum atomic E-state index is -0.232. The van der Waals surface area contributed by atoms with Crippen molar-refractivity contribution in [2.24, 2.45) is 0 Å². The van der Waals surface area contributed by atoms with Gasteiger partial charge in [0, 0.05) is 51.0 Å². The summed E-state index contributed by atoms with van der Waals surface area (Å²) in [5, 5.41) is 4.63. The maximum atomic E-state index is 13.5. The van der Waals surface area contributed by atoms with Crippen LogP contribution in [-0.4, -0.2) is 84.3 Å². The van der Waals surface area contributed by atoms with Crippen molar-refractivity contribution in [1.82, 2.24) is 19.2 Å². The zero-order valence-electron chi connectivity index (χ0n) is 19.1. The second-order valence-corrected chi connectivity index (χ2v) is 8.45. The fourth-order valence-electron chi connectivity index (χ4n) is 4.38. The molecule has 34 heavy (non-hydrogen) atoms. The lowest BCUT2D eigenvalue weighted by atomic mass is 10.1. The molecular weight excluding hydrogens is 434 g/mol.